The Morgan fingerprint density at radius 1 is 1.54 bits per heavy atom. The maximum atomic E-state index is 10.8. The van der Waals surface area contributed by atoms with Gasteiger partial charge in [0.1, 0.15) is 0 Å². The summed E-state index contributed by atoms with van der Waals surface area (Å²) in [4.78, 5) is 10.8. The fourth-order valence-electron chi connectivity index (χ4n) is 2.17. The third-order valence-electron chi connectivity index (χ3n) is 3.04. The third-order valence-corrected chi connectivity index (χ3v) is 3.04. The molecule has 13 heavy (non-hydrogen) atoms. The van der Waals surface area contributed by atoms with Crippen molar-refractivity contribution in [1.82, 2.24) is 0 Å². The molecule has 74 valence electrons. The number of hydrogen-bond acceptors (Lipinski definition) is 1. The van der Waals surface area contributed by atoms with E-state index in [-0.39, 0.29) is 0 Å². The first-order chi connectivity index (χ1) is 6.16. The number of allylic oxidation sites excluding steroid dienone is 1. The van der Waals surface area contributed by atoms with Crippen LogP contribution in [0.1, 0.15) is 46.0 Å². The Bertz CT molecular complexity index is 228. The van der Waals surface area contributed by atoms with Gasteiger partial charge in [-0.2, -0.15) is 0 Å². The zero-order valence-electron chi connectivity index (χ0n) is 8.47. The van der Waals surface area contributed by atoms with Crippen molar-refractivity contribution in [2.24, 2.45) is 5.92 Å². The molecule has 0 heterocycles. The molecule has 0 radical (unpaired) electrons. The van der Waals surface area contributed by atoms with Crippen molar-refractivity contribution in [3.05, 3.63) is 11.1 Å². The standard InChI is InChI=1S/C11H18O2/c1-3-9-6-4-5-7-10(9)8(2)11(12)13/h9H,3-7H2,1-2H3,(H,12,13). The lowest BCUT2D eigenvalue weighted by molar-refractivity contribution is -0.132. The summed E-state index contributed by atoms with van der Waals surface area (Å²) >= 11 is 0. The summed E-state index contributed by atoms with van der Waals surface area (Å²) in [5.41, 5.74) is 1.79. The van der Waals surface area contributed by atoms with E-state index in [1.807, 2.05) is 0 Å². The van der Waals surface area contributed by atoms with E-state index in [1.54, 1.807) is 6.92 Å². The fourth-order valence-corrected chi connectivity index (χ4v) is 2.17. The van der Waals surface area contributed by atoms with Crippen LogP contribution in [-0.4, -0.2) is 11.1 Å². The SMILES string of the molecule is CCC1CCCCC1=C(C)C(=O)O. The van der Waals surface area contributed by atoms with Crippen LogP contribution in [0.5, 0.6) is 0 Å². The van der Waals surface area contributed by atoms with Gasteiger partial charge >= 0.3 is 5.97 Å². The van der Waals surface area contributed by atoms with Crippen LogP contribution in [-0.2, 0) is 4.79 Å². The maximum absolute atomic E-state index is 10.8. The smallest absolute Gasteiger partial charge is 0.331 e. The van der Waals surface area contributed by atoms with E-state index < -0.39 is 5.97 Å². The highest BCUT2D eigenvalue weighted by Crippen LogP contribution is 2.33. The number of hydrogen-bond donors (Lipinski definition) is 1. The first kappa shape index (κ1) is 10.3. The van der Waals surface area contributed by atoms with Crippen LogP contribution in [0.3, 0.4) is 0 Å². The monoisotopic (exact) mass is 182 g/mol. The predicted molar refractivity (Wildman–Crippen MR) is 52.6 cm³/mol. The molecule has 0 aliphatic heterocycles. The molecule has 1 fully saturated rings. The summed E-state index contributed by atoms with van der Waals surface area (Å²) in [5, 5.41) is 8.89. The van der Waals surface area contributed by atoms with Crippen LogP contribution in [0.25, 0.3) is 0 Å². The highest BCUT2D eigenvalue weighted by Gasteiger charge is 2.21. The summed E-state index contributed by atoms with van der Waals surface area (Å²) in [6, 6.07) is 0. The second-order valence-corrected chi connectivity index (χ2v) is 3.81. The molecular formula is C11H18O2. The number of carboxylic acid groups (broad SMARTS) is 1. The van der Waals surface area contributed by atoms with Gasteiger partial charge in [0.2, 0.25) is 0 Å². The van der Waals surface area contributed by atoms with E-state index in [0.717, 1.165) is 19.3 Å². The average Bonchev–Trinajstić information content (AvgIpc) is 2.16. The lowest BCUT2D eigenvalue weighted by Gasteiger charge is -2.25. The molecule has 0 amide bonds. The summed E-state index contributed by atoms with van der Waals surface area (Å²) in [7, 11) is 0. The van der Waals surface area contributed by atoms with E-state index in [4.69, 9.17) is 5.11 Å². The van der Waals surface area contributed by atoms with Crippen molar-refractivity contribution in [2.75, 3.05) is 0 Å². The number of carboxylic acids is 1. The van der Waals surface area contributed by atoms with E-state index in [0.29, 0.717) is 11.5 Å². The molecule has 0 spiro atoms. The molecule has 0 aromatic rings. The lowest BCUT2D eigenvalue weighted by atomic mass is 9.80. The zero-order chi connectivity index (χ0) is 9.84. The Hall–Kier alpha value is -0.790. The van der Waals surface area contributed by atoms with Gasteiger partial charge in [-0.15, -0.1) is 0 Å². The molecule has 1 saturated carbocycles. The molecule has 1 unspecified atom stereocenters. The van der Waals surface area contributed by atoms with Crippen molar-refractivity contribution in [3.8, 4) is 0 Å². The fraction of sp³-hybridized carbons (Fsp3) is 0.727. The summed E-state index contributed by atoms with van der Waals surface area (Å²) in [6.07, 6.45) is 5.68. The van der Waals surface area contributed by atoms with Crippen molar-refractivity contribution in [2.45, 2.75) is 46.0 Å². The highest BCUT2D eigenvalue weighted by molar-refractivity contribution is 5.86. The van der Waals surface area contributed by atoms with E-state index in [2.05, 4.69) is 6.92 Å². The Morgan fingerprint density at radius 2 is 2.23 bits per heavy atom. The Morgan fingerprint density at radius 3 is 2.77 bits per heavy atom. The predicted octanol–water partition coefficient (Wildman–Crippen LogP) is 2.99. The molecule has 0 bridgehead atoms. The van der Waals surface area contributed by atoms with Gasteiger partial charge in [0.25, 0.3) is 0 Å². The molecule has 1 rings (SSSR count). The van der Waals surface area contributed by atoms with E-state index in [1.165, 1.54) is 18.4 Å². The van der Waals surface area contributed by atoms with Crippen molar-refractivity contribution >= 4 is 5.97 Å². The Balaban J connectivity index is 2.85. The van der Waals surface area contributed by atoms with Crippen molar-refractivity contribution < 1.29 is 9.90 Å². The van der Waals surface area contributed by atoms with Gasteiger partial charge in [-0.3, -0.25) is 0 Å². The van der Waals surface area contributed by atoms with Crippen LogP contribution < -0.4 is 0 Å². The minimum absolute atomic E-state index is 0.532. The number of rotatable bonds is 2. The topological polar surface area (TPSA) is 37.3 Å². The van der Waals surface area contributed by atoms with Crippen molar-refractivity contribution in [3.63, 3.8) is 0 Å². The maximum Gasteiger partial charge on any atom is 0.331 e. The summed E-state index contributed by atoms with van der Waals surface area (Å²) in [6.45, 7) is 3.89. The second-order valence-electron chi connectivity index (χ2n) is 3.81. The third kappa shape index (κ3) is 2.33. The van der Waals surface area contributed by atoms with Gasteiger partial charge in [-0.05, 0) is 38.5 Å². The summed E-state index contributed by atoms with van der Waals surface area (Å²) < 4.78 is 0. The van der Waals surface area contributed by atoms with Crippen molar-refractivity contribution in [1.29, 1.82) is 0 Å². The van der Waals surface area contributed by atoms with Gasteiger partial charge in [-0.25, -0.2) is 4.79 Å². The van der Waals surface area contributed by atoms with E-state index >= 15 is 0 Å². The van der Waals surface area contributed by atoms with Gasteiger partial charge in [-0.1, -0.05) is 18.9 Å². The molecule has 2 heteroatoms. The molecular weight excluding hydrogens is 164 g/mol. The zero-order valence-corrected chi connectivity index (χ0v) is 8.47. The Labute approximate surface area is 79.6 Å². The van der Waals surface area contributed by atoms with Gasteiger partial charge < -0.3 is 5.11 Å². The Kier molecular flexibility index (Phi) is 3.52. The van der Waals surface area contributed by atoms with Crippen LogP contribution >= 0.6 is 0 Å². The van der Waals surface area contributed by atoms with Crippen LogP contribution in [0.2, 0.25) is 0 Å². The van der Waals surface area contributed by atoms with Crippen LogP contribution in [0.15, 0.2) is 11.1 Å². The van der Waals surface area contributed by atoms with Gasteiger partial charge in [0.05, 0.1) is 0 Å². The number of carbonyl (C=O) groups is 1. The molecule has 0 aromatic heterocycles. The minimum Gasteiger partial charge on any atom is -0.478 e. The number of aliphatic carboxylic acids is 1. The normalized spacial score (nSPS) is 27.1. The first-order valence-corrected chi connectivity index (χ1v) is 5.09. The molecule has 1 aliphatic rings. The lowest BCUT2D eigenvalue weighted by Crippen LogP contribution is -2.14. The molecule has 1 N–H and O–H groups in total. The molecule has 0 saturated heterocycles. The van der Waals surface area contributed by atoms with Gasteiger partial charge in [0, 0.05) is 5.57 Å². The largest absolute Gasteiger partial charge is 0.478 e. The van der Waals surface area contributed by atoms with E-state index in [9.17, 15) is 4.79 Å². The molecule has 1 aliphatic carbocycles. The average molecular weight is 182 g/mol. The second kappa shape index (κ2) is 4.45. The summed E-state index contributed by atoms with van der Waals surface area (Å²) in [5.74, 6) is -0.208. The molecule has 0 aromatic carbocycles. The minimum atomic E-state index is -0.740. The highest BCUT2D eigenvalue weighted by atomic mass is 16.4. The quantitative estimate of drug-likeness (QED) is 0.666. The van der Waals surface area contributed by atoms with Crippen LogP contribution in [0, 0.1) is 5.92 Å². The molecule has 2 nitrogen and oxygen atoms in total. The molecule has 1 atom stereocenters. The first-order valence-electron chi connectivity index (χ1n) is 5.09. The van der Waals surface area contributed by atoms with Crippen LogP contribution in [0.4, 0.5) is 0 Å². The van der Waals surface area contributed by atoms with Gasteiger partial charge in [0.15, 0.2) is 0 Å².